The third-order valence-electron chi connectivity index (χ3n) is 3.88. The van der Waals surface area contributed by atoms with Crippen LogP contribution in [0, 0.1) is 0 Å². The van der Waals surface area contributed by atoms with Crippen molar-refractivity contribution in [3.63, 3.8) is 0 Å². The number of ether oxygens (including phenoxy) is 1. The Bertz CT molecular complexity index is 860. The van der Waals surface area contributed by atoms with E-state index in [1.165, 1.54) is 12.1 Å². The molecule has 0 aliphatic rings. The van der Waals surface area contributed by atoms with Crippen molar-refractivity contribution in [2.24, 2.45) is 0 Å². The van der Waals surface area contributed by atoms with Gasteiger partial charge in [0.15, 0.2) is 0 Å². The van der Waals surface area contributed by atoms with E-state index < -0.39 is 10.0 Å². The first-order valence-corrected chi connectivity index (χ1v) is 10.4. The summed E-state index contributed by atoms with van der Waals surface area (Å²) < 4.78 is 32.7. The van der Waals surface area contributed by atoms with Crippen LogP contribution in [0.3, 0.4) is 0 Å². The molecule has 0 unspecified atom stereocenters. The van der Waals surface area contributed by atoms with Crippen LogP contribution in [-0.2, 0) is 10.0 Å². The van der Waals surface area contributed by atoms with Crippen molar-refractivity contribution in [1.29, 1.82) is 0 Å². The van der Waals surface area contributed by atoms with E-state index in [9.17, 15) is 13.2 Å². The number of anilines is 1. The van der Waals surface area contributed by atoms with Gasteiger partial charge in [-0.2, -0.15) is 0 Å². The molecule has 2 N–H and O–H groups in total. The summed E-state index contributed by atoms with van der Waals surface area (Å²) >= 11 is 0. The molecule has 0 aliphatic carbocycles. The Kier molecular flexibility index (Phi) is 6.98. The SMILES string of the molecule is CC[C@H](C)NS(=O)(=O)c1ccc(NC(=O)c2ccc(OC(C)C)cc2)cc1. The van der Waals surface area contributed by atoms with Crippen LogP contribution in [0.25, 0.3) is 0 Å². The van der Waals surface area contributed by atoms with Gasteiger partial charge in [0.2, 0.25) is 10.0 Å². The Hall–Kier alpha value is -2.38. The minimum Gasteiger partial charge on any atom is -0.491 e. The van der Waals surface area contributed by atoms with Gasteiger partial charge in [-0.05, 0) is 75.7 Å². The van der Waals surface area contributed by atoms with Crippen molar-refractivity contribution in [1.82, 2.24) is 4.72 Å². The zero-order valence-corrected chi connectivity index (χ0v) is 16.8. The number of carbonyl (C=O) groups excluding carboxylic acids is 1. The van der Waals surface area contributed by atoms with Crippen LogP contribution in [0.1, 0.15) is 44.5 Å². The van der Waals surface area contributed by atoms with Gasteiger partial charge in [-0.3, -0.25) is 4.79 Å². The van der Waals surface area contributed by atoms with Gasteiger partial charge in [0.25, 0.3) is 5.91 Å². The van der Waals surface area contributed by atoms with Crippen molar-refractivity contribution in [2.75, 3.05) is 5.32 Å². The van der Waals surface area contributed by atoms with Crippen molar-refractivity contribution in [3.05, 3.63) is 54.1 Å². The topological polar surface area (TPSA) is 84.5 Å². The molecule has 2 aromatic rings. The lowest BCUT2D eigenvalue weighted by Gasteiger charge is -2.13. The van der Waals surface area contributed by atoms with Gasteiger partial charge in [0.05, 0.1) is 11.0 Å². The van der Waals surface area contributed by atoms with Crippen molar-refractivity contribution < 1.29 is 17.9 Å². The molecule has 2 rings (SSSR count). The summed E-state index contributed by atoms with van der Waals surface area (Å²) in [6, 6.07) is 12.8. The van der Waals surface area contributed by atoms with E-state index in [0.29, 0.717) is 23.4 Å². The van der Waals surface area contributed by atoms with Crippen LogP contribution < -0.4 is 14.8 Å². The van der Waals surface area contributed by atoms with Gasteiger partial charge < -0.3 is 10.1 Å². The van der Waals surface area contributed by atoms with Crippen molar-refractivity contribution >= 4 is 21.6 Å². The van der Waals surface area contributed by atoms with E-state index >= 15 is 0 Å². The molecule has 0 spiro atoms. The maximum Gasteiger partial charge on any atom is 0.255 e. The van der Waals surface area contributed by atoms with Crippen LogP contribution in [0.2, 0.25) is 0 Å². The van der Waals surface area contributed by atoms with Crippen molar-refractivity contribution in [3.8, 4) is 5.75 Å². The molecule has 27 heavy (non-hydrogen) atoms. The molecule has 0 fully saturated rings. The summed E-state index contributed by atoms with van der Waals surface area (Å²) in [5.74, 6) is 0.421. The number of hydrogen-bond donors (Lipinski definition) is 2. The Morgan fingerprint density at radius 3 is 2.11 bits per heavy atom. The van der Waals surface area contributed by atoms with E-state index in [0.717, 1.165) is 0 Å². The van der Waals surface area contributed by atoms with Crippen LogP contribution >= 0.6 is 0 Å². The van der Waals surface area contributed by atoms with Crippen molar-refractivity contribution in [2.45, 2.75) is 51.2 Å². The smallest absolute Gasteiger partial charge is 0.255 e. The second kappa shape index (κ2) is 9.01. The van der Waals surface area contributed by atoms with Gasteiger partial charge in [-0.15, -0.1) is 0 Å². The molecule has 0 bridgehead atoms. The normalized spacial score (nSPS) is 12.6. The number of carbonyl (C=O) groups is 1. The van der Waals surface area contributed by atoms with Crippen LogP contribution in [-0.4, -0.2) is 26.5 Å². The molecule has 0 heterocycles. The number of hydrogen-bond acceptors (Lipinski definition) is 4. The first-order chi connectivity index (χ1) is 12.7. The van der Waals surface area contributed by atoms with Gasteiger partial charge in [-0.25, -0.2) is 13.1 Å². The lowest BCUT2D eigenvalue weighted by Crippen LogP contribution is -2.31. The maximum absolute atomic E-state index is 12.3. The van der Waals surface area contributed by atoms with E-state index in [2.05, 4.69) is 10.0 Å². The molecule has 7 heteroatoms. The zero-order valence-electron chi connectivity index (χ0n) is 16.0. The highest BCUT2D eigenvalue weighted by Gasteiger charge is 2.16. The van der Waals surface area contributed by atoms with Gasteiger partial charge in [-0.1, -0.05) is 6.92 Å². The summed E-state index contributed by atoms with van der Waals surface area (Å²) in [6.45, 7) is 7.59. The molecule has 0 saturated heterocycles. The van der Waals surface area contributed by atoms with E-state index in [1.807, 2.05) is 27.7 Å². The molecule has 6 nitrogen and oxygen atoms in total. The lowest BCUT2D eigenvalue weighted by atomic mass is 10.2. The summed E-state index contributed by atoms with van der Waals surface area (Å²) in [5.41, 5.74) is 1.01. The Balaban J connectivity index is 2.04. The van der Waals surface area contributed by atoms with Gasteiger partial charge in [0, 0.05) is 17.3 Å². The number of rotatable bonds is 8. The third kappa shape index (κ3) is 6.08. The molecule has 0 aromatic heterocycles. The van der Waals surface area contributed by atoms with E-state index in [-0.39, 0.29) is 22.9 Å². The highest BCUT2D eigenvalue weighted by atomic mass is 32.2. The lowest BCUT2D eigenvalue weighted by molar-refractivity contribution is 0.102. The molecular weight excluding hydrogens is 364 g/mol. The number of nitrogens with one attached hydrogen (secondary N) is 2. The molecular formula is C20H26N2O4S. The number of amides is 1. The monoisotopic (exact) mass is 390 g/mol. The van der Waals surface area contributed by atoms with E-state index in [4.69, 9.17) is 4.74 Å². The van der Waals surface area contributed by atoms with Crippen LogP contribution in [0.5, 0.6) is 5.75 Å². The Morgan fingerprint density at radius 1 is 1.00 bits per heavy atom. The van der Waals surface area contributed by atoms with Crippen LogP contribution in [0.15, 0.2) is 53.4 Å². The first kappa shape index (κ1) is 20.9. The quantitative estimate of drug-likeness (QED) is 0.718. The number of benzene rings is 2. The standard InChI is InChI=1S/C20H26N2O4S/c1-5-15(4)22-27(24,25)19-12-8-17(9-13-19)21-20(23)16-6-10-18(11-7-16)26-14(2)3/h6-15,22H,5H2,1-4H3,(H,21,23)/t15-/m0/s1. The fourth-order valence-corrected chi connectivity index (χ4v) is 3.62. The fourth-order valence-electron chi connectivity index (χ4n) is 2.29. The zero-order chi connectivity index (χ0) is 20.0. The van der Waals surface area contributed by atoms with E-state index in [1.54, 1.807) is 36.4 Å². The average Bonchev–Trinajstić information content (AvgIpc) is 2.61. The highest BCUT2D eigenvalue weighted by Crippen LogP contribution is 2.17. The molecule has 146 valence electrons. The average molecular weight is 391 g/mol. The molecule has 1 atom stereocenters. The predicted molar refractivity (Wildman–Crippen MR) is 107 cm³/mol. The van der Waals surface area contributed by atoms with Gasteiger partial charge in [0.1, 0.15) is 5.75 Å². The molecule has 2 aromatic carbocycles. The minimum absolute atomic E-state index is 0.0641. The molecule has 0 aliphatic heterocycles. The largest absolute Gasteiger partial charge is 0.491 e. The molecule has 0 saturated carbocycles. The summed E-state index contributed by atoms with van der Waals surface area (Å²) in [7, 11) is -3.56. The fraction of sp³-hybridized carbons (Fsp3) is 0.350. The highest BCUT2D eigenvalue weighted by molar-refractivity contribution is 7.89. The first-order valence-electron chi connectivity index (χ1n) is 8.91. The summed E-state index contributed by atoms with van der Waals surface area (Å²) in [5, 5.41) is 2.75. The summed E-state index contributed by atoms with van der Waals surface area (Å²) in [4.78, 5) is 12.5. The molecule has 1 amide bonds. The predicted octanol–water partition coefficient (Wildman–Crippen LogP) is 3.80. The maximum atomic E-state index is 12.3. The minimum atomic E-state index is -3.56. The number of sulfonamides is 1. The Labute approximate surface area is 161 Å². The third-order valence-corrected chi connectivity index (χ3v) is 5.48. The van der Waals surface area contributed by atoms with Crippen LogP contribution in [0.4, 0.5) is 5.69 Å². The molecule has 0 radical (unpaired) electrons. The van der Waals surface area contributed by atoms with Gasteiger partial charge >= 0.3 is 0 Å². The Morgan fingerprint density at radius 2 is 1.59 bits per heavy atom. The second-order valence-electron chi connectivity index (χ2n) is 6.60. The summed E-state index contributed by atoms with van der Waals surface area (Å²) in [6.07, 6.45) is 0.767. The second-order valence-corrected chi connectivity index (χ2v) is 8.31.